The van der Waals surface area contributed by atoms with Crippen molar-refractivity contribution >= 4 is 23.6 Å². The molecule has 0 atom stereocenters. The Bertz CT molecular complexity index is 691. The quantitative estimate of drug-likeness (QED) is 0.683. The van der Waals surface area contributed by atoms with Gasteiger partial charge in [-0.05, 0) is 37.1 Å². The molecule has 0 spiro atoms. The summed E-state index contributed by atoms with van der Waals surface area (Å²) in [5.41, 5.74) is 12.6. The first-order chi connectivity index (χ1) is 11.6. The molecule has 2 amide bonds. The van der Waals surface area contributed by atoms with Crippen LogP contribution in [0.15, 0.2) is 24.3 Å². The maximum Gasteiger partial charge on any atom is 0.319 e. The highest BCUT2D eigenvalue weighted by molar-refractivity contribution is 5.89. The molecule has 6 N–H and O–H groups in total. The summed E-state index contributed by atoms with van der Waals surface area (Å²) in [4.78, 5) is 23.9. The normalized spacial score (nSPS) is 15.0. The maximum atomic E-state index is 12.0. The van der Waals surface area contributed by atoms with Crippen LogP contribution in [0.3, 0.4) is 0 Å². The molecule has 0 bridgehead atoms. The maximum absolute atomic E-state index is 12.0. The predicted molar refractivity (Wildman–Crippen MR) is 93.1 cm³/mol. The van der Waals surface area contributed by atoms with Gasteiger partial charge in [-0.2, -0.15) is 15.0 Å². The monoisotopic (exact) mass is 327 g/mol. The molecule has 0 saturated heterocycles. The molecule has 1 aromatic carbocycles. The largest absolute Gasteiger partial charge is 0.368 e. The Labute approximate surface area is 140 Å². The first-order valence-electron chi connectivity index (χ1n) is 8.05. The van der Waals surface area contributed by atoms with Gasteiger partial charge in [0.05, 0.1) is 0 Å². The number of nitrogens with zero attached hydrogens (tertiary/aromatic N) is 3. The molecule has 1 aliphatic carbocycles. The summed E-state index contributed by atoms with van der Waals surface area (Å²) in [6, 6.07) is 7.25. The third-order valence-corrected chi connectivity index (χ3v) is 4.01. The molecule has 1 heterocycles. The second-order valence-corrected chi connectivity index (χ2v) is 5.89. The predicted octanol–water partition coefficient (Wildman–Crippen LogP) is 2.16. The van der Waals surface area contributed by atoms with Gasteiger partial charge in [-0.15, -0.1) is 0 Å². The van der Waals surface area contributed by atoms with Gasteiger partial charge in [-0.3, -0.25) is 0 Å². The van der Waals surface area contributed by atoms with E-state index in [-0.39, 0.29) is 24.0 Å². The summed E-state index contributed by atoms with van der Waals surface area (Å²) in [6.07, 6.45) is 5.71. The van der Waals surface area contributed by atoms with Gasteiger partial charge in [0.25, 0.3) is 0 Å². The zero-order valence-electron chi connectivity index (χ0n) is 13.3. The summed E-state index contributed by atoms with van der Waals surface area (Å²) in [6.45, 7) is 0. The van der Waals surface area contributed by atoms with Crippen molar-refractivity contribution in [1.82, 2.24) is 20.3 Å². The average molecular weight is 327 g/mol. The smallest absolute Gasteiger partial charge is 0.319 e. The molecular formula is C16H21N7O. The van der Waals surface area contributed by atoms with E-state index in [9.17, 15) is 4.79 Å². The van der Waals surface area contributed by atoms with Crippen LogP contribution in [0.2, 0.25) is 0 Å². The van der Waals surface area contributed by atoms with Crippen molar-refractivity contribution in [2.75, 3.05) is 16.8 Å². The Morgan fingerprint density at radius 1 is 0.958 bits per heavy atom. The SMILES string of the molecule is Nc1nc(N)nc(-c2ccc(NC(=O)NC3CCCCC3)cc2)n1. The van der Waals surface area contributed by atoms with Crippen LogP contribution in [0.25, 0.3) is 11.4 Å². The second kappa shape index (κ2) is 7.12. The van der Waals surface area contributed by atoms with Crippen LogP contribution in [0, 0.1) is 0 Å². The zero-order valence-corrected chi connectivity index (χ0v) is 13.3. The van der Waals surface area contributed by atoms with Crippen LogP contribution in [0.1, 0.15) is 32.1 Å². The van der Waals surface area contributed by atoms with Gasteiger partial charge < -0.3 is 22.1 Å². The highest BCUT2D eigenvalue weighted by Gasteiger charge is 2.15. The fourth-order valence-electron chi connectivity index (χ4n) is 2.84. The van der Waals surface area contributed by atoms with Gasteiger partial charge >= 0.3 is 6.03 Å². The lowest BCUT2D eigenvalue weighted by molar-refractivity contribution is 0.244. The zero-order chi connectivity index (χ0) is 16.9. The number of urea groups is 1. The van der Waals surface area contributed by atoms with E-state index < -0.39 is 0 Å². The summed E-state index contributed by atoms with van der Waals surface area (Å²) < 4.78 is 0. The van der Waals surface area contributed by atoms with Crippen LogP contribution < -0.4 is 22.1 Å². The third-order valence-electron chi connectivity index (χ3n) is 4.01. The Balaban J connectivity index is 1.62. The van der Waals surface area contributed by atoms with Gasteiger partial charge in [0.15, 0.2) is 5.82 Å². The van der Waals surface area contributed by atoms with Gasteiger partial charge in [0.1, 0.15) is 0 Å². The minimum absolute atomic E-state index is 0.0755. The van der Waals surface area contributed by atoms with Crippen LogP contribution in [0.5, 0.6) is 0 Å². The molecule has 3 rings (SSSR count). The number of rotatable bonds is 3. The van der Waals surface area contributed by atoms with Crippen LogP contribution in [0.4, 0.5) is 22.4 Å². The first-order valence-corrected chi connectivity index (χ1v) is 8.05. The third kappa shape index (κ3) is 4.09. The lowest BCUT2D eigenvalue weighted by Gasteiger charge is -2.22. The summed E-state index contributed by atoms with van der Waals surface area (Å²) in [7, 11) is 0. The fourth-order valence-corrected chi connectivity index (χ4v) is 2.84. The highest BCUT2D eigenvalue weighted by atomic mass is 16.2. The standard InChI is InChI=1S/C16H21N7O/c17-14-21-13(22-15(18)23-14)10-6-8-12(9-7-10)20-16(24)19-11-4-2-1-3-5-11/h6-9,11H,1-5H2,(H2,19,20,24)(H4,17,18,21,22,23). The van der Waals surface area contributed by atoms with E-state index >= 15 is 0 Å². The van der Waals surface area contributed by atoms with Crippen LogP contribution >= 0.6 is 0 Å². The number of nitrogen functional groups attached to an aromatic ring is 2. The molecule has 126 valence electrons. The summed E-state index contributed by atoms with van der Waals surface area (Å²) in [5.74, 6) is 0.552. The molecule has 24 heavy (non-hydrogen) atoms. The minimum Gasteiger partial charge on any atom is -0.368 e. The van der Waals surface area contributed by atoms with Crippen LogP contribution in [-0.2, 0) is 0 Å². The van der Waals surface area contributed by atoms with Crippen LogP contribution in [-0.4, -0.2) is 27.0 Å². The van der Waals surface area contributed by atoms with Crippen molar-refractivity contribution in [2.45, 2.75) is 38.1 Å². The molecule has 1 saturated carbocycles. The number of carbonyl (C=O) groups excluding carboxylic acids is 1. The number of nitrogens with two attached hydrogens (primary N) is 2. The van der Waals surface area contributed by atoms with Crippen molar-refractivity contribution in [3.63, 3.8) is 0 Å². The number of amides is 2. The summed E-state index contributed by atoms with van der Waals surface area (Å²) >= 11 is 0. The number of benzene rings is 1. The van der Waals surface area contributed by atoms with Gasteiger partial charge in [-0.25, -0.2) is 4.79 Å². The van der Waals surface area contributed by atoms with Crippen molar-refractivity contribution in [2.24, 2.45) is 0 Å². The second-order valence-electron chi connectivity index (χ2n) is 5.89. The lowest BCUT2D eigenvalue weighted by Crippen LogP contribution is -2.38. The molecule has 8 heteroatoms. The van der Waals surface area contributed by atoms with E-state index in [0.29, 0.717) is 11.5 Å². The van der Waals surface area contributed by atoms with E-state index in [1.165, 1.54) is 19.3 Å². The van der Waals surface area contributed by atoms with Crippen molar-refractivity contribution in [1.29, 1.82) is 0 Å². The van der Waals surface area contributed by atoms with Crippen molar-refractivity contribution in [3.05, 3.63) is 24.3 Å². The summed E-state index contributed by atoms with van der Waals surface area (Å²) in [5, 5.41) is 5.85. The lowest BCUT2D eigenvalue weighted by atomic mass is 9.96. The number of nitrogens with one attached hydrogen (secondary N) is 2. The molecule has 1 fully saturated rings. The van der Waals surface area contributed by atoms with E-state index in [4.69, 9.17) is 11.5 Å². The number of anilines is 3. The molecule has 0 unspecified atom stereocenters. The molecule has 0 radical (unpaired) electrons. The van der Waals surface area contributed by atoms with E-state index in [1.807, 2.05) is 0 Å². The fraction of sp³-hybridized carbons (Fsp3) is 0.375. The van der Waals surface area contributed by atoms with E-state index in [1.54, 1.807) is 24.3 Å². The van der Waals surface area contributed by atoms with Crippen molar-refractivity contribution < 1.29 is 4.79 Å². The Hall–Kier alpha value is -2.90. The number of carbonyl (C=O) groups is 1. The number of aromatic nitrogens is 3. The topological polar surface area (TPSA) is 132 Å². The minimum atomic E-state index is -0.177. The number of hydrogen-bond acceptors (Lipinski definition) is 6. The molecule has 1 aliphatic rings. The Kier molecular flexibility index (Phi) is 4.74. The van der Waals surface area contributed by atoms with Gasteiger partial charge in [-0.1, -0.05) is 19.3 Å². The Morgan fingerprint density at radius 2 is 1.58 bits per heavy atom. The molecular weight excluding hydrogens is 306 g/mol. The number of hydrogen-bond donors (Lipinski definition) is 4. The Morgan fingerprint density at radius 3 is 2.21 bits per heavy atom. The molecule has 8 nitrogen and oxygen atoms in total. The van der Waals surface area contributed by atoms with E-state index in [2.05, 4.69) is 25.6 Å². The first kappa shape index (κ1) is 16.0. The molecule has 0 aliphatic heterocycles. The molecule has 2 aromatic rings. The van der Waals surface area contributed by atoms with Crippen molar-refractivity contribution in [3.8, 4) is 11.4 Å². The molecule has 1 aromatic heterocycles. The van der Waals surface area contributed by atoms with Gasteiger partial charge in [0.2, 0.25) is 11.9 Å². The highest BCUT2D eigenvalue weighted by Crippen LogP contribution is 2.20. The average Bonchev–Trinajstić information content (AvgIpc) is 2.55. The van der Waals surface area contributed by atoms with E-state index in [0.717, 1.165) is 18.4 Å². The van der Waals surface area contributed by atoms with Gasteiger partial charge in [0, 0.05) is 17.3 Å².